The van der Waals surface area contributed by atoms with E-state index >= 15 is 0 Å². The molecular weight excluding hydrogens is 326 g/mol. The molecule has 0 amide bonds. The SMILES string of the molecule is COc1cccc(C(O)CNS(=O)(=O)c2cccc(Cl)c2)c1. The van der Waals surface area contributed by atoms with E-state index in [1.54, 1.807) is 36.4 Å². The minimum Gasteiger partial charge on any atom is -0.497 e. The highest BCUT2D eigenvalue weighted by Crippen LogP contribution is 2.20. The van der Waals surface area contributed by atoms with Crippen molar-refractivity contribution in [3.8, 4) is 5.75 Å². The molecule has 2 aromatic carbocycles. The summed E-state index contributed by atoms with van der Waals surface area (Å²) in [7, 11) is -2.21. The van der Waals surface area contributed by atoms with Crippen LogP contribution in [0, 0.1) is 0 Å². The maximum absolute atomic E-state index is 12.1. The van der Waals surface area contributed by atoms with Crippen LogP contribution in [-0.2, 0) is 10.0 Å². The molecular formula is C15H16ClNO4S. The molecule has 1 atom stereocenters. The number of sulfonamides is 1. The maximum atomic E-state index is 12.1. The van der Waals surface area contributed by atoms with E-state index in [4.69, 9.17) is 16.3 Å². The molecule has 0 saturated heterocycles. The number of aliphatic hydroxyl groups is 1. The van der Waals surface area contributed by atoms with Crippen molar-refractivity contribution in [3.63, 3.8) is 0 Å². The molecule has 0 saturated carbocycles. The number of aliphatic hydroxyl groups excluding tert-OH is 1. The Labute approximate surface area is 134 Å². The summed E-state index contributed by atoms with van der Waals surface area (Å²) in [6.07, 6.45) is -0.982. The number of rotatable bonds is 6. The Hall–Kier alpha value is -1.60. The van der Waals surface area contributed by atoms with Crippen LogP contribution in [0.2, 0.25) is 5.02 Å². The summed E-state index contributed by atoms with van der Waals surface area (Å²) in [5.74, 6) is 0.592. The maximum Gasteiger partial charge on any atom is 0.240 e. The molecule has 5 nitrogen and oxygen atoms in total. The quantitative estimate of drug-likeness (QED) is 0.845. The molecule has 118 valence electrons. The van der Waals surface area contributed by atoms with Gasteiger partial charge in [-0.25, -0.2) is 13.1 Å². The third-order valence-electron chi connectivity index (χ3n) is 3.05. The van der Waals surface area contributed by atoms with E-state index in [9.17, 15) is 13.5 Å². The number of hydrogen-bond acceptors (Lipinski definition) is 4. The van der Waals surface area contributed by atoms with Gasteiger partial charge in [-0.15, -0.1) is 0 Å². The van der Waals surface area contributed by atoms with Crippen LogP contribution < -0.4 is 9.46 Å². The van der Waals surface area contributed by atoms with E-state index in [1.807, 2.05) is 0 Å². The predicted molar refractivity (Wildman–Crippen MR) is 84.6 cm³/mol. The minimum atomic E-state index is -3.73. The Morgan fingerprint density at radius 1 is 1.23 bits per heavy atom. The van der Waals surface area contributed by atoms with Crippen molar-refractivity contribution < 1.29 is 18.3 Å². The standard InChI is InChI=1S/C15H16ClNO4S/c1-21-13-6-2-4-11(8-13)15(18)10-17-22(19,20)14-7-3-5-12(16)9-14/h2-9,15,17-18H,10H2,1H3. The lowest BCUT2D eigenvalue weighted by molar-refractivity contribution is 0.181. The molecule has 7 heteroatoms. The van der Waals surface area contributed by atoms with Crippen molar-refractivity contribution in [1.29, 1.82) is 0 Å². The molecule has 2 rings (SSSR count). The van der Waals surface area contributed by atoms with Crippen molar-refractivity contribution in [2.24, 2.45) is 0 Å². The van der Waals surface area contributed by atoms with Gasteiger partial charge in [0.25, 0.3) is 0 Å². The van der Waals surface area contributed by atoms with Crippen LogP contribution in [0.4, 0.5) is 0 Å². The summed E-state index contributed by atoms with van der Waals surface area (Å²) in [6.45, 7) is -0.151. The third kappa shape index (κ3) is 4.20. The fraction of sp³-hybridized carbons (Fsp3) is 0.200. The van der Waals surface area contributed by atoms with Crippen LogP contribution in [0.25, 0.3) is 0 Å². The Bertz CT molecular complexity index is 749. The zero-order valence-electron chi connectivity index (χ0n) is 11.9. The molecule has 0 bridgehead atoms. The second kappa shape index (κ2) is 7.11. The molecule has 0 heterocycles. The van der Waals surface area contributed by atoms with Gasteiger partial charge in [0, 0.05) is 11.6 Å². The van der Waals surface area contributed by atoms with Gasteiger partial charge in [0.1, 0.15) is 5.75 Å². The van der Waals surface area contributed by atoms with Gasteiger partial charge in [0.05, 0.1) is 18.1 Å². The zero-order chi connectivity index (χ0) is 16.2. The summed E-state index contributed by atoms with van der Waals surface area (Å²) in [4.78, 5) is 0.0536. The number of ether oxygens (including phenoxy) is 1. The first kappa shape index (κ1) is 16.8. The second-order valence-corrected chi connectivity index (χ2v) is 6.81. The summed E-state index contributed by atoms with van der Waals surface area (Å²) in [5, 5.41) is 10.4. The molecule has 0 aliphatic rings. The molecule has 0 radical (unpaired) electrons. The van der Waals surface area contributed by atoms with Crippen LogP contribution in [0.3, 0.4) is 0 Å². The third-order valence-corrected chi connectivity index (χ3v) is 4.71. The number of nitrogens with one attached hydrogen (secondary N) is 1. The van der Waals surface area contributed by atoms with Gasteiger partial charge < -0.3 is 9.84 Å². The van der Waals surface area contributed by atoms with Crippen LogP contribution in [-0.4, -0.2) is 27.2 Å². The van der Waals surface area contributed by atoms with Gasteiger partial charge in [0.2, 0.25) is 10.0 Å². The normalized spacial score (nSPS) is 12.9. The lowest BCUT2D eigenvalue weighted by Crippen LogP contribution is -2.28. The predicted octanol–water partition coefficient (Wildman–Crippen LogP) is 2.36. The molecule has 0 aliphatic heterocycles. The average molecular weight is 342 g/mol. The van der Waals surface area contributed by atoms with Gasteiger partial charge >= 0.3 is 0 Å². The van der Waals surface area contributed by atoms with E-state index in [2.05, 4.69) is 4.72 Å². The monoisotopic (exact) mass is 341 g/mol. The second-order valence-electron chi connectivity index (χ2n) is 4.60. The minimum absolute atomic E-state index is 0.0536. The molecule has 0 fully saturated rings. The number of benzene rings is 2. The molecule has 2 N–H and O–H groups in total. The molecule has 22 heavy (non-hydrogen) atoms. The lowest BCUT2D eigenvalue weighted by atomic mass is 10.1. The topological polar surface area (TPSA) is 75.6 Å². The molecule has 0 spiro atoms. The van der Waals surface area contributed by atoms with Crippen LogP contribution in [0.15, 0.2) is 53.4 Å². The average Bonchev–Trinajstić information content (AvgIpc) is 2.52. The van der Waals surface area contributed by atoms with Crippen LogP contribution in [0.1, 0.15) is 11.7 Å². The van der Waals surface area contributed by atoms with Crippen molar-refractivity contribution in [1.82, 2.24) is 4.72 Å². The fourth-order valence-corrected chi connectivity index (χ4v) is 3.21. The largest absolute Gasteiger partial charge is 0.497 e. The van der Waals surface area contributed by atoms with Crippen molar-refractivity contribution in [3.05, 3.63) is 59.1 Å². The Kier molecular flexibility index (Phi) is 5.42. The number of hydrogen-bond donors (Lipinski definition) is 2. The van der Waals surface area contributed by atoms with Crippen molar-refractivity contribution in [2.75, 3.05) is 13.7 Å². The first-order valence-electron chi connectivity index (χ1n) is 6.49. The highest BCUT2D eigenvalue weighted by Gasteiger charge is 2.17. The molecule has 2 aromatic rings. The van der Waals surface area contributed by atoms with Gasteiger partial charge in [-0.3, -0.25) is 0 Å². The van der Waals surface area contributed by atoms with E-state index < -0.39 is 16.1 Å². The van der Waals surface area contributed by atoms with Crippen LogP contribution in [0.5, 0.6) is 5.75 Å². The molecule has 0 aromatic heterocycles. The van der Waals surface area contributed by atoms with Crippen molar-refractivity contribution in [2.45, 2.75) is 11.0 Å². The number of methoxy groups -OCH3 is 1. The van der Waals surface area contributed by atoms with E-state index in [1.165, 1.54) is 19.2 Å². The zero-order valence-corrected chi connectivity index (χ0v) is 13.4. The highest BCUT2D eigenvalue weighted by atomic mass is 35.5. The van der Waals surface area contributed by atoms with Crippen LogP contribution >= 0.6 is 11.6 Å². The summed E-state index contributed by atoms with van der Waals surface area (Å²) >= 11 is 5.79. The van der Waals surface area contributed by atoms with Gasteiger partial charge in [-0.2, -0.15) is 0 Å². The van der Waals surface area contributed by atoms with E-state index in [0.29, 0.717) is 16.3 Å². The molecule has 0 aliphatic carbocycles. The van der Waals surface area contributed by atoms with E-state index in [0.717, 1.165) is 0 Å². The van der Waals surface area contributed by atoms with E-state index in [-0.39, 0.29) is 11.4 Å². The van der Waals surface area contributed by atoms with Gasteiger partial charge in [-0.05, 0) is 35.9 Å². The summed E-state index contributed by atoms with van der Waals surface area (Å²) in [5.41, 5.74) is 0.563. The van der Waals surface area contributed by atoms with Gasteiger partial charge in [0.15, 0.2) is 0 Å². The van der Waals surface area contributed by atoms with Gasteiger partial charge in [-0.1, -0.05) is 29.8 Å². The Morgan fingerprint density at radius 3 is 2.64 bits per heavy atom. The number of halogens is 1. The summed E-state index contributed by atoms with van der Waals surface area (Å²) in [6, 6.07) is 12.7. The molecule has 1 unspecified atom stereocenters. The smallest absolute Gasteiger partial charge is 0.240 e. The first-order chi connectivity index (χ1) is 10.4. The highest BCUT2D eigenvalue weighted by molar-refractivity contribution is 7.89. The fourth-order valence-electron chi connectivity index (χ4n) is 1.87. The first-order valence-corrected chi connectivity index (χ1v) is 8.36. The lowest BCUT2D eigenvalue weighted by Gasteiger charge is -2.13. The van der Waals surface area contributed by atoms with Crippen molar-refractivity contribution >= 4 is 21.6 Å². The Balaban J connectivity index is 2.08. The Morgan fingerprint density at radius 2 is 1.95 bits per heavy atom. The summed E-state index contributed by atoms with van der Waals surface area (Å²) < 4.78 is 31.7.